The molecule has 19 heavy (non-hydrogen) atoms. The molecule has 1 aliphatic rings. The molecule has 1 amide bonds. The molecule has 1 aliphatic carbocycles. The van der Waals surface area contributed by atoms with Crippen LogP contribution in [0, 0.1) is 0 Å². The van der Waals surface area contributed by atoms with Gasteiger partial charge >= 0.3 is 5.97 Å². The molecule has 1 saturated carbocycles. The van der Waals surface area contributed by atoms with Crippen molar-refractivity contribution in [1.29, 1.82) is 0 Å². The molecule has 6 heteroatoms. The minimum Gasteiger partial charge on any atom is -0.480 e. The van der Waals surface area contributed by atoms with Crippen LogP contribution in [0.15, 0.2) is 30.3 Å². The number of carbonyl (C=O) groups is 2. The van der Waals surface area contributed by atoms with Crippen molar-refractivity contribution < 1.29 is 18.9 Å². The van der Waals surface area contributed by atoms with E-state index in [0.717, 1.165) is 12.8 Å². The van der Waals surface area contributed by atoms with Gasteiger partial charge in [-0.1, -0.05) is 30.3 Å². The quantitative estimate of drug-likeness (QED) is 0.809. The molecule has 1 fully saturated rings. The third-order valence-electron chi connectivity index (χ3n) is 2.81. The third-order valence-corrected chi connectivity index (χ3v) is 4.35. The molecule has 5 nitrogen and oxygen atoms in total. The predicted octanol–water partition coefficient (Wildman–Crippen LogP) is 0.840. The Bertz CT molecular complexity index is 499. The van der Waals surface area contributed by atoms with Gasteiger partial charge in [-0.15, -0.1) is 0 Å². The lowest BCUT2D eigenvalue weighted by atomic mass is 10.1. The topological polar surface area (TPSA) is 83.5 Å². The lowest BCUT2D eigenvalue weighted by Gasteiger charge is -2.12. The molecule has 0 saturated heterocycles. The maximum Gasteiger partial charge on any atom is 0.323 e. The van der Waals surface area contributed by atoms with Crippen LogP contribution < -0.4 is 5.32 Å². The highest BCUT2D eigenvalue weighted by molar-refractivity contribution is 7.86. The fourth-order valence-electron chi connectivity index (χ4n) is 1.74. The minimum atomic E-state index is -1.77. The molecule has 0 spiro atoms. The second-order valence-corrected chi connectivity index (χ2v) is 6.02. The Labute approximate surface area is 113 Å². The molecule has 1 aromatic carbocycles. The number of amides is 1. The van der Waals surface area contributed by atoms with Crippen LogP contribution in [0.1, 0.15) is 23.7 Å². The Hall–Kier alpha value is -1.69. The summed E-state index contributed by atoms with van der Waals surface area (Å²) < 4.78 is 12.1. The first kappa shape index (κ1) is 13.7. The molecule has 0 heterocycles. The Balaban J connectivity index is 2.04. The van der Waals surface area contributed by atoms with Crippen molar-refractivity contribution in [2.75, 3.05) is 5.75 Å². The summed E-state index contributed by atoms with van der Waals surface area (Å²) in [6, 6.07) is 8.53. The van der Waals surface area contributed by atoms with E-state index in [0.29, 0.717) is 5.56 Å². The third kappa shape index (κ3) is 3.89. The maximum absolute atomic E-state index is 12.1. The number of nitrogens with one attached hydrogen (secondary N) is 1. The molecule has 0 aliphatic heterocycles. The van der Waals surface area contributed by atoms with Crippen LogP contribution in [0.25, 0.3) is 0 Å². The first-order chi connectivity index (χ1) is 9.08. The number of carbonyl (C=O) groups excluding carboxylic acids is 1. The molecular formula is C13H15NO4S. The Kier molecular flexibility index (Phi) is 4.31. The summed E-state index contributed by atoms with van der Waals surface area (Å²) in [5.74, 6) is -1.80. The lowest BCUT2D eigenvalue weighted by molar-refractivity contribution is -0.136. The highest BCUT2D eigenvalue weighted by Gasteiger charge is 2.30. The van der Waals surface area contributed by atoms with Gasteiger partial charge in [-0.05, 0) is 18.4 Å². The number of hydrogen-bond acceptors (Lipinski definition) is 3. The molecule has 102 valence electrons. The average molecular weight is 281 g/mol. The fraction of sp³-hybridized carbons (Fsp3) is 0.385. The van der Waals surface area contributed by atoms with Crippen LogP contribution >= 0.6 is 0 Å². The van der Waals surface area contributed by atoms with Crippen LogP contribution in [-0.4, -0.2) is 33.0 Å². The Morgan fingerprint density at radius 2 is 1.95 bits per heavy atom. The average Bonchev–Trinajstić information content (AvgIpc) is 3.13. The molecule has 2 rings (SSSR count). The van der Waals surface area contributed by atoms with Crippen LogP contribution in [0.3, 0.4) is 0 Å². The lowest BCUT2D eigenvalue weighted by Crippen LogP contribution is -2.32. The minimum absolute atomic E-state index is 0.185. The number of aliphatic carboxylic acids is 1. The summed E-state index contributed by atoms with van der Waals surface area (Å²) in [7, 11) is -1.77. The molecular weight excluding hydrogens is 266 g/mol. The summed E-state index contributed by atoms with van der Waals surface area (Å²) in [6.07, 6.45) is 1.89. The SMILES string of the molecule is O=C(CS(=O)C(C(=O)O)c1ccccc1)NC1CC1. The van der Waals surface area contributed by atoms with Gasteiger partial charge in [-0.3, -0.25) is 13.8 Å². The number of carboxylic acid groups (broad SMARTS) is 1. The van der Waals surface area contributed by atoms with E-state index in [-0.39, 0.29) is 17.7 Å². The molecule has 2 atom stereocenters. The largest absolute Gasteiger partial charge is 0.480 e. The van der Waals surface area contributed by atoms with Crippen molar-refractivity contribution >= 4 is 22.7 Å². The summed E-state index contributed by atoms with van der Waals surface area (Å²) >= 11 is 0. The number of carboxylic acids is 1. The van der Waals surface area contributed by atoms with E-state index in [9.17, 15) is 18.9 Å². The zero-order chi connectivity index (χ0) is 13.8. The van der Waals surface area contributed by atoms with Gasteiger partial charge in [0.15, 0.2) is 5.25 Å². The Morgan fingerprint density at radius 3 is 2.47 bits per heavy atom. The van der Waals surface area contributed by atoms with Crippen molar-refractivity contribution in [2.45, 2.75) is 24.1 Å². The molecule has 0 bridgehead atoms. The van der Waals surface area contributed by atoms with Crippen molar-refractivity contribution in [3.8, 4) is 0 Å². The van der Waals surface area contributed by atoms with Gasteiger partial charge in [0.2, 0.25) is 5.91 Å². The van der Waals surface area contributed by atoms with E-state index >= 15 is 0 Å². The highest BCUT2D eigenvalue weighted by Crippen LogP contribution is 2.21. The van der Waals surface area contributed by atoms with Gasteiger partial charge in [0, 0.05) is 16.8 Å². The van der Waals surface area contributed by atoms with Crippen LogP contribution in [0.2, 0.25) is 0 Å². The summed E-state index contributed by atoms with van der Waals surface area (Å²) in [4.78, 5) is 22.8. The van der Waals surface area contributed by atoms with Crippen molar-refractivity contribution in [3.63, 3.8) is 0 Å². The van der Waals surface area contributed by atoms with Crippen molar-refractivity contribution in [2.24, 2.45) is 0 Å². The maximum atomic E-state index is 12.1. The van der Waals surface area contributed by atoms with Gasteiger partial charge in [0.1, 0.15) is 5.75 Å². The predicted molar refractivity (Wildman–Crippen MR) is 71.0 cm³/mol. The monoisotopic (exact) mass is 281 g/mol. The second kappa shape index (κ2) is 5.97. The van der Waals surface area contributed by atoms with Crippen LogP contribution in [0.5, 0.6) is 0 Å². The molecule has 0 radical (unpaired) electrons. The fourth-order valence-corrected chi connectivity index (χ4v) is 2.94. The summed E-state index contributed by atoms with van der Waals surface area (Å²) in [6.45, 7) is 0. The van der Waals surface area contributed by atoms with Crippen molar-refractivity contribution in [1.82, 2.24) is 5.32 Å². The van der Waals surface area contributed by atoms with E-state index < -0.39 is 22.0 Å². The van der Waals surface area contributed by atoms with E-state index in [4.69, 9.17) is 0 Å². The molecule has 2 N–H and O–H groups in total. The van der Waals surface area contributed by atoms with E-state index in [1.165, 1.54) is 0 Å². The highest BCUT2D eigenvalue weighted by atomic mass is 32.2. The molecule has 1 aromatic rings. The van der Waals surface area contributed by atoms with Crippen molar-refractivity contribution in [3.05, 3.63) is 35.9 Å². The smallest absolute Gasteiger partial charge is 0.323 e. The van der Waals surface area contributed by atoms with E-state index in [2.05, 4.69) is 5.32 Å². The van der Waals surface area contributed by atoms with Gasteiger partial charge < -0.3 is 10.4 Å². The number of hydrogen-bond donors (Lipinski definition) is 2. The van der Waals surface area contributed by atoms with Crippen LogP contribution in [-0.2, 0) is 20.4 Å². The zero-order valence-corrected chi connectivity index (χ0v) is 11.1. The zero-order valence-electron chi connectivity index (χ0n) is 10.2. The first-order valence-electron chi connectivity index (χ1n) is 6.02. The van der Waals surface area contributed by atoms with Gasteiger partial charge in [0.25, 0.3) is 0 Å². The number of rotatable bonds is 6. The van der Waals surface area contributed by atoms with Crippen LogP contribution in [0.4, 0.5) is 0 Å². The number of benzene rings is 1. The Morgan fingerprint density at radius 1 is 1.32 bits per heavy atom. The van der Waals surface area contributed by atoms with E-state index in [1.54, 1.807) is 30.3 Å². The first-order valence-corrected chi connectivity index (χ1v) is 7.40. The molecule has 0 aromatic heterocycles. The second-order valence-electron chi connectivity index (χ2n) is 4.50. The summed E-state index contributed by atoms with van der Waals surface area (Å²) in [5.41, 5.74) is 0.451. The van der Waals surface area contributed by atoms with E-state index in [1.807, 2.05) is 0 Å². The normalized spacial score (nSPS) is 17.5. The van der Waals surface area contributed by atoms with Gasteiger partial charge in [-0.2, -0.15) is 0 Å². The van der Waals surface area contributed by atoms with Gasteiger partial charge in [-0.25, -0.2) is 0 Å². The molecule has 2 unspecified atom stereocenters. The standard InChI is InChI=1S/C13H15NO4S/c15-11(14-10-6-7-10)8-19(18)12(13(16)17)9-4-2-1-3-5-9/h1-5,10,12H,6-8H2,(H,14,15)(H,16,17). The summed E-state index contributed by atoms with van der Waals surface area (Å²) in [5, 5.41) is 10.7. The van der Waals surface area contributed by atoms with Gasteiger partial charge in [0.05, 0.1) is 0 Å².